The van der Waals surface area contributed by atoms with E-state index in [9.17, 15) is 4.79 Å². The molecule has 0 radical (unpaired) electrons. The van der Waals surface area contributed by atoms with E-state index in [-0.39, 0.29) is 6.03 Å². The van der Waals surface area contributed by atoms with Crippen LogP contribution in [0.15, 0.2) is 35.5 Å². The summed E-state index contributed by atoms with van der Waals surface area (Å²) >= 11 is 1.69. The van der Waals surface area contributed by atoms with E-state index in [1.807, 2.05) is 41.7 Å². The minimum atomic E-state index is -0.0320. The van der Waals surface area contributed by atoms with Gasteiger partial charge in [-0.3, -0.25) is 0 Å². The van der Waals surface area contributed by atoms with E-state index in [0.29, 0.717) is 18.5 Å². The molecule has 2 heterocycles. The summed E-state index contributed by atoms with van der Waals surface area (Å²) < 4.78 is 2.18. The van der Waals surface area contributed by atoms with Crippen molar-refractivity contribution in [2.45, 2.75) is 36.1 Å². The second-order valence-corrected chi connectivity index (χ2v) is 7.30. The van der Waals surface area contributed by atoms with Crippen LogP contribution >= 0.6 is 11.8 Å². The first kappa shape index (κ1) is 15.5. The lowest BCUT2D eigenvalue weighted by atomic mass is 10.2. The normalized spacial score (nSPS) is 20.4. The minimum absolute atomic E-state index is 0.0320. The van der Waals surface area contributed by atoms with Crippen molar-refractivity contribution in [1.29, 1.82) is 0 Å². The van der Waals surface area contributed by atoms with Crippen LogP contribution in [-0.2, 0) is 0 Å². The third kappa shape index (κ3) is 3.13. The Labute approximate surface area is 145 Å². The first-order valence-electron chi connectivity index (χ1n) is 8.34. The first-order valence-corrected chi connectivity index (χ1v) is 9.56. The molecule has 0 bridgehead atoms. The third-order valence-electron chi connectivity index (χ3n) is 4.73. The fraction of sp³-hybridized carbons (Fsp3) is 0.471. The predicted molar refractivity (Wildman–Crippen MR) is 94.5 cm³/mol. The number of nitrogens with one attached hydrogen (secondary N) is 1. The van der Waals surface area contributed by atoms with Crippen molar-refractivity contribution < 1.29 is 4.79 Å². The number of nitrogens with zero attached hydrogens (tertiary/aromatic N) is 4. The molecule has 1 aliphatic carbocycles. The summed E-state index contributed by atoms with van der Waals surface area (Å²) in [6.45, 7) is 1.48. The molecule has 2 aromatic rings. The van der Waals surface area contributed by atoms with Gasteiger partial charge in [0.1, 0.15) is 12.2 Å². The van der Waals surface area contributed by atoms with Crippen molar-refractivity contribution in [3.05, 3.63) is 36.4 Å². The van der Waals surface area contributed by atoms with Crippen molar-refractivity contribution in [2.75, 3.05) is 24.7 Å². The van der Waals surface area contributed by atoms with Crippen LogP contribution in [0.2, 0.25) is 0 Å². The quantitative estimate of drug-likeness (QED) is 0.865. The minimum Gasteiger partial charge on any atom is -0.322 e. The maximum absolute atomic E-state index is 12.5. The number of benzene rings is 1. The second-order valence-electron chi connectivity index (χ2n) is 6.42. The molecule has 126 valence electrons. The Morgan fingerprint density at radius 1 is 1.25 bits per heavy atom. The fourth-order valence-corrected chi connectivity index (χ4v) is 3.61. The van der Waals surface area contributed by atoms with Crippen LogP contribution < -0.4 is 5.32 Å². The standard InChI is InChI=1S/C17H21N5OS/c1-24-15-6-4-13(5-7-15)19-17(23)21-9-8-14(10-21)22-11-18-20-16(22)12-2-3-12/h4-7,11-12,14H,2-3,8-10H2,1H3,(H,19,23). The summed E-state index contributed by atoms with van der Waals surface area (Å²) in [6, 6.07) is 8.19. The predicted octanol–water partition coefficient (Wildman–Crippen LogP) is 3.36. The smallest absolute Gasteiger partial charge is 0.321 e. The maximum atomic E-state index is 12.5. The van der Waals surface area contributed by atoms with Crippen LogP contribution in [0.5, 0.6) is 0 Å². The largest absolute Gasteiger partial charge is 0.322 e. The van der Waals surface area contributed by atoms with E-state index in [4.69, 9.17) is 0 Å². The van der Waals surface area contributed by atoms with Crippen LogP contribution in [0, 0.1) is 0 Å². The average Bonchev–Trinajstić information content (AvgIpc) is 3.13. The summed E-state index contributed by atoms with van der Waals surface area (Å²) in [5.74, 6) is 1.67. The highest BCUT2D eigenvalue weighted by atomic mass is 32.2. The Morgan fingerprint density at radius 2 is 2.04 bits per heavy atom. The lowest BCUT2D eigenvalue weighted by Crippen LogP contribution is -2.33. The van der Waals surface area contributed by atoms with E-state index >= 15 is 0 Å². The number of urea groups is 1. The van der Waals surface area contributed by atoms with Gasteiger partial charge in [-0.1, -0.05) is 0 Å². The van der Waals surface area contributed by atoms with Gasteiger partial charge in [-0.2, -0.15) is 0 Å². The molecule has 6 nitrogen and oxygen atoms in total. The zero-order valence-corrected chi connectivity index (χ0v) is 14.5. The van der Waals surface area contributed by atoms with Crippen molar-refractivity contribution >= 4 is 23.5 Å². The summed E-state index contributed by atoms with van der Waals surface area (Å²) in [7, 11) is 0. The van der Waals surface area contributed by atoms with Gasteiger partial charge in [0.05, 0.1) is 6.04 Å². The number of anilines is 1. The van der Waals surface area contributed by atoms with E-state index in [1.165, 1.54) is 17.7 Å². The number of hydrogen-bond donors (Lipinski definition) is 1. The van der Waals surface area contributed by atoms with Crippen LogP contribution in [0.3, 0.4) is 0 Å². The molecule has 2 aliphatic rings. The molecule has 2 fully saturated rings. The summed E-state index contributed by atoms with van der Waals surface area (Å²) in [5.41, 5.74) is 0.837. The summed E-state index contributed by atoms with van der Waals surface area (Å²) in [5, 5.41) is 11.3. The maximum Gasteiger partial charge on any atom is 0.321 e. The molecular formula is C17H21N5OS. The fourth-order valence-electron chi connectivity index (χ4n) is 3.20. The van der Waals surface area contributed by atoms with Gasteiger partial charge in [-0.15, -0.1) is 22.0 Å². The Bertz CT molecular complexity index is 725. The average molecular weight is 343 g/mol. The molecule has 1 N–H and O–H groups in total. The Balaban J connectivity index is 1.38. The first-order chi connectivity index (χ1) is 11.7. The van der Waals surface area contributed by atoms with Crippen LogP contribution in [0.25, 0.3) is 0 Å². The Hall–Kier alpha value is -2.02. The van der Waals surface area contributed by atoms with Crippen molar-refractivity contribution in [3.8, 4) is 0 Å². The van der Waals surface area contributed by atoms with Crippen LogP contribution in [0.4, 0.5) is 10.5 Å². The van der Waals surface area contributed by atoms with Gasteiger partial charge in [0, 0.05) is 29.6 Å². The van der Waals surface area contributed by atoms with Gasteiger partial charge in [-0.25, -0.2) is 4.79 Å². The molecule has 7 heteroatoms. The molecule has 1 atom stereocenters. The van der Waals surface area contributed by atoms with Crippen molar-refractivity contribution in [3.63, 3.8) is 0 Å². The van der Waals surface area contributed by atoms with Gasteiger partial charge in [0.25, 0.3) is 0 Å². The SMILES string of the molecule is CSc1ccc(NC(=O)N2CCC(n3cnnc3C3CC3)C2)cc1. The lowest BCUT2D eigenvalue weighted by molar-refractivity contribution is 0.221. The van der Waals surface area contributed by atoms with Gasteiger partial charge < -0.3 is 14.8 Å². The molecule has 1 aromatic carbocycles. The van der Waals surface area contributed by atoms with Gasteiger partial charge in [0.15, 0.2) is 0 Å². The number of thioether (sulfide) groups is 1. The molecule has 1 saturated carbocycles. The van der Waals surface area contributed by atoms with Crippen LogP contribution in [-0.4, -0.2) is 45.0 Å². The van der Waals surface area contributed by atoms with E-state index < -0.39 is 0 Å². The number of likely N-dealkylation sites (tertiary alicyclic amines) is 1. The highest BCUT2D eigenvalue weighted by molar-refractivity contribution is 7.98. The topological polar surface area (TPSA) is 63.1 Å². The molecule has 0 spiro atoms. The number of carbonyl (C=O) groups is 1. The molecular weight excluding hydrogens is 322 g/mol. The molecule has 4 rings (SSSR count). The third-order valence-corrected chi connectivity index (χ3v) is 5.47. The number of aromatic nitrogens is 3. The summed E-state index contributed by atoms with van der Waals surface area (Å²) in [4.78, 5) is 15.6. The van der Waals surface area contributed by atoms with Crippen LogP contribution in [0.1, 0.15) is 37.0 Å². The highest BCUT2D eigenvalue weighted by Gasteiger charge is 2.34. The Kier molecular flexibility index (Phi) is 4.18. The highest BCUT2D eigenvalue weighted by Crippen LogP contribution is 2.40. The second kappa shape index (κ2) is 6.47. The zero-order chi connectivity index (χ0) is 16.5. The molecule has 1 aromatic heterocycles. The molecule has 24 heavy (non-hydrogen) atoms. The number of hydrogen-bond acceptors (Lipinski definition) is 4. The molecule has 1 unspecified atom stereocenters. The van der Waals surface area contributed by atoms with Crippen molar-refractivity contribution in [2.24, 2.45) is 0 Å². The van der Waals surface area contributed by atoms with Crippen molar-refractivity contribution in [1.82, 2.24) is 19.7 Å². The van der Waals surface area contributed by atoms with E-state index in [0.717, 1.165) is 24.5 Å². The zero-order valence-electron chi connectivity index (χ0n) is 13.7. The van der Waals surface area contributed by atoms with E-state index in [1.54, 1.807) is 11.8 Å². The number of amides is 2. The van der Waals surface area contributed by atoms with Gasteiger partial charge in [-0.05, 0) is 49.8 Å². The lowest BCUT2D eigenvalue weighted by Gasteiger charge is -2.18. The molecule has 1 saturated heterocycles. The van der Waals surface area contributed by atoms with E-state index in [2.05, 4.69) is 20.1 Å². The van der Waals surface area contributed by atoms with Gasteiger partial charge in [0.2, 0.25) is 0 Å². The summed E-state index contributed by atoms with van der Waals surface area (Å²) in [6.07, 6.45) is 7.24. The number of rotatable bonds is 4. The number of carbonyl (C=O) groups excluding carboxylic acids is 1. The molecule has 2 amide bonds. The monoisotopic (exact) mass is 343 g/mol. The molecule has 1 aliphatic heterocycles. The van der Waals surface area contributed by atoms with Gasteiger partial charge >= 0.3 is 6.03 Å². The Morgan fingerprint density at radius 3 is 2.75 bits per heavy atom.